The molecule has 1 saturated heterocycles. The van der Waals surface area contributed by atoms with Crippen LogP contribution in [0.4, 0.5) is 19.3 Å². The Morgan fingerprint density at radius 2 is 1.67 bits per heavy atom. The molecule has 1 amide bonds. The van der Waals surface area contributed by atoms with E-state index in [0.717, 1.165) is 23.3 Å². The monoisotopic (exact) mass is 513 g/mol. The molecule has 7 nitrogen and oxygen atoms in total. The lowest BCUT2D eigenvalue weighted by molar-refractivity contribution is 0.0791. The number of carbonyl (C=O) groups excluding carboxylic acids is 1. The zero-order valence-electron chi connectivity index (χ0n) is 19.4. The van der Waals surface area contributed by atoms with E-state index in [9.17, 15) is 22.0 Å². The number of piperidine rings is 1. The number of hydrogen-bond donors (Lipinski definition) is 0. The number of ether oxygens (including phenoxy) is 1. The summed E-state index contributed by atoms with van der Waals surface area (Å²) in [6, 6.07) is 15.7. The van der Waals surface area contributed by atoms with Crippen LogP contribution in [0.25, 0.3) is 0 Å². The molecule has 2 aromatic carbocycles. The van der Waals surface area contributed by atoms with Crippen molar-refractivity contribution in [1.82, 2.24) is 9.88 Å². The van der Waals surface area contributed by atoms with E-state index < -0.39 is 28.0 Å². The number of benzene rings is 2. The van der Waals surface area contributed by atoms with Crippen molar-refractivity contribution in [3.8, 4) is 0 Å². The Morgan fingerprint density at radius 1 is 1.00 bits per heavy atom. The summed E-state index contributed by atoms with van der Waals surface area (Å²) >= 11 is 0. The van der Waals surface area contributed by atoms with Crippen molar-refractivity contribution >= 4 is 21.8 Å². The standard InChI is InChI=1S/C26H25F2N3O4S/c27-24(28)20-5-7-21(8-6-20)36(33,34)31-18-26(22-3-1-2-4-23(22)31)11-15-30(16-12-26)25(32)35-17-19-9-13-29-14-10-19/h1-10,13-14,24H,11-12,15-18H2. The number of anilines is 1. The van der Waals surface area contributed by atoms with E-state index in [-0.39, 0.29) is 23.6 Å². The average molecular weight is 514 g/mol. The highest BCUT2D eigenvalue weighted by atomic mass is 32.2. The molecule has 0 N–H and O–H groups in total. The maximum atomic E-state index is 13.5. The van der Waals surface area contributed by atoms with Crippen LogP contribution in [0.3, 0.4) is 0 Å². The third-order valence-electron chi connectivity index (χ3n) is 7.00. The van der Waals surface area contributed by atoms with Crippen molar-refractivity contribution in [3.05, 3.63) is 89.7 Å². The molecule has 1 aromatic heterocycles. The van der Waals surface area contributed by atoms with Gasteiger partial charge in [0.1, 0.15) is 6.61 Å². The molecule has 3 heterocycles. The Labute approximate surface area is 208 Å². The Hall–Kier alpha value is -3.53. The van der Waals surface area contributed by atoms with Gasteiger partial charge in [0.05, 0.1) is 10.6 Å². The maximum absolute atomic E-state index is 13.5. The predicted octanol–water partition coefficient (Wildman–Crippen LogP) is 4.90. The first-order valence-corrected chi connectivity index (χ1v) is 13.1. The smallest absolute Gasteiger partial charge is 0.410 e. The first-order chi connectivity index (χ1) is 17.3. The topological polar surface area (TPSA) is 79.8 Å². The molecule has 0 unspecified atom stereocenters. The number of para-hydroxylation sites is 1. The third kappa shape index (κ3) is 4.41. The number of sulfonamides is 1. The highest BCUT2D eigenvalue weighted by molar-refractivity contribution is 7.92. The van der Waals surface area contributed by atoms with Crippen LogP contribution in [0.1, 0.15) is 36.0 Å². The summed E-state index contributed by atoms with van der Waals surface area (Å²) in [5.74, 6) is 0. The lowest BCUT2D eigenvalue weighted by Gasteiger charge is -2.39. The Balaban J connectivity index is 1.32. The average Bonchev–Trinajstić information content (AvgIpc) is 3.23. The Morgan fingerprint density at radius 3 is 2.33 bits per heavy atom. The second-order valence-corrected chi connectivity index (χ2v) is 10.9. The molecule has 0 bridgehead atoms. The van der Waals surface area contributed by atoms with Gasteiger partial charge in [0.2, 0.25) is 0 Å². The minimum atomic E-state index is -3.96. The van der Waals surface area contributed by atoms with Crippen LogP contribution in [0.5, 0.6) is 0 Å². The van der Waals surface area contributed by atoms with Crippen LogP contribution in [0.15, 0.2) is 78.0 Å². The van der Waals surface area contributed by atoms with Gasteiger partial charge in [-0.1, -0.05) is 30.3 Å². The number of fused-ring (bicyclic) bond motifs is 2. The molecule has 1 spiro atoms. The summed E-state index contributed by atoms with van der Waals surface area (Å²) in [6.45, 7) is 1.24. The van der Waals surface area contributed by atoms with Crippen LogP contribution in [-0.2, 0) is 26.8 Å². The molecule has 2 aliphatic rings. The van der Waals surface area contributed by atoms with Crippen molar-refractivity contribution < 1.29 is 26.7 Å². The van der Waals surface area contributed by atoms with Gasteiger partial charge in [0.15, 0.2) is 0 Å². The van der Waals surface area contributed by atoms with Crippen molar-refractivity contribution in [3.63, 3.8) is 0 Å². The molecule has 0 saturated carbocycles. The van der Waals surface area contributed by atoms with Crippen LogP contribution in [0.2, 0.25) is 0 Å². The normalized spacial score (nSPS) is 16.9. The molecular weight excluding hydrogens is 488 g/mol. The molecule has 1 fully saturated rings. The van der Waals surface area contributed by atoms with Gasteiger partial charge in [-0.2, -0.15) is 0 Å². The van der Waals surface area contributed by atoms with E-state index in [2.05, 4.69) is 4.98 Å². The summed E-state index contributed by atoms with van der Waals surface area (Å²) in [6.07, 6.45) is 1.35. The predicted molar refractivity (Wildman–Crippen MR) is 129 cm³/mol. The number of alkyl halides is 2. The summed E-state index contributed by atoms with van der Waals surface area (Å²) in [7, 11) is -3.96. The number of nitrogens with zero attached hydrogens (tertiary/aromatic N) is 3. The van der Waals surface area contributed by atoms with Crippen molar-refractivity contribution in [2.75, 3.05) is 23.9 Å². The number of halogens is 2. The summed E-state index contributed by atoms with van der Waals surface area (Å²) in [5.41, 5.74) is 1.68. The quantitative estimate of drug-likeness (QED) is 0.485. The Bertz CT molecular complexity index is 1340. The van der Waals surface area contributed by atoms with Crippen molar-refractivity contribution in [2.45, 2.75) is 36.2 Å². The van der Waals surface area contributed by atoms with E-state index >= 15 is 0 Å². The van der Waals surface area contributed by atoms with E-state index in [0.29, 0.717) is 31.6 Å². The van der Waals surface area contributed by atoms with Gasteiger partial charge in [-0.25, -0.2) is 22.0 Å². The fourth-order valence-corrected chi connectivity index (χ4v) is 6.54. The van der Waals surface area contributed by atoms with Gasteiger partial charge < -0.3 is 9.64 Å². The minimum Gasteiger partial charge on any atom is -0.445 e. The SMILES string of the molecule is O=C(OCc1ccncc1)N1CCC2(CC1)CN(S(=O)(=O)c1ccc(C(F)F)cc1)c1ccccc12. The lowest BCUT2D eigenvalue weighted by atomic mass is 9.74. The molecule has 10 heteroatoms. The maximum Gasteiger partial charge on any atom is 0.410 e. The van der Waals surface area contributed by atoms with Gasteiger partial charge in [0.25, 0.3) is 16.4 Å². The molecule has 2 aliphatic heterocycles. The Kier molecular flexibility index (Phi) is 6.38. The second kappa shape index (κ2) is 9.50. The number of aromatic nitrogens is 1. The van der Waals surface area contributed by atoms with Crippen LogP contribution < -0.4 is 4.31 Å². The first-order valence-electron chi connectivity index (χ1n) is 11.6. The number of pyridine rings is 1. The van der Waals surface area contributed by atoms with Crippen LogP contribution >= 0.6 is 0 Å². The molecular formula is C26H25F2N3O4S. The molecule has 188 valence electrons. The largest absolute Gasteiger partial charge is 0.445 e. The highest BCUT2D eigenvalue weighted by Crippen LogP contribution is 2.48. The number of likely N-dealkylation sites (tertiary alicyclic amines) is 1. The zero-order valence-corrected chi connectivity index (χ0v) is 20.2. The van der Waals surface area contributed by atoms with Crippen molar-refractivity contribution in [2.24, 2.45) is 0 Å². The zero-order chi connectivity index (χ0) is 25.3. The number of hydrogen-bond acceptors (Lipinski definition) is 5. The molecule has 3 aromatic rings. The lowest BCUT2D eigenvalue weighted by Crippen LogP contribution is -2.47. The van der Waals surface area contributed by atoms with Crippen LogP contribution in [0, 0.1) is 0 Å². The molecule has 0 aliphatic carbocycles. The van der Waals surface area contributed by atoms with E-state index in [4.69, 9.17) is 4.74 Å². The van der Waals surface area contributed by atoms with Gasteiger partial charge in [-0.05, 0) is 54.3 Å². The van der Waals surface area contributed by atoms with Gasteiger partial charge in [-0.3, -0.25) is 9.29 Å². The summed E-state index contributed by atoms with van der Waals surface area (Å²) < 4.78 is 59.8. The number of rotatable bonds is 5. The molecule has 0 atom stereocenters. The van der Waals surface area contributed by atoms with Gasteiger partial charge in [-0.15, -0.1) is 0 Å². The molecule has 5 rings (SSSR count). The highest BCUT2D eigenvalue weighted by Gasteiger charge is 2.48. The second-order valence-electron chi connectivity index (χ2n) is 9.08. The van der Waals surface area contributed by atoms with Gasteiger partial charge in [0, 0.05) is 43.0 Å². The number of carbonyl (C=O) groups is 1. The van der Waals surface area contributed by atoms with Crippen molar-refractivity contribution in [1.29, 1.82) is 0 Å². The van der Waals surface area contributed by atoms with E-state index in [1.165, 1.54) is 16.4 Å². The number of amides is 1. The van der Waals surface area contributed by atoms with E-state index in [1.54, 1.807) is 41.6 Å². The summed E-state index contributed by atoms with van der Waals surface area (Å²) in [4.78, 5) is 18.2. The summed E-state index contributed by atoms with van der Waals surface area (Å²) in [5, 5.41) is 0. The third-order valence-corrected chi connectivity index (χ3v) is 8.77. The molecule has 0 radical (unpaired) electrons. The first kappa shape index (κ1) is 24.2. The fourth-order valence-electron chi connectivity index (χ4n) is 4.97. The minimum absolute atomic E-state index is 0.0316. The fraction of sp³-hybridized carbons (Fsp3) is 0.308. The molecule has 36 heavy (non-hydrogen) atoms. The van der Waals surface area contributed by atoms with Crippen LogP contribution in [-0.4, -0.2) is 44.0 Å². The van der Waals surface area contributed by atoms with E-state index in [1.807, 2.05) is 12.1 Å². The van der Waals surface area contributed by atoms with Gasteiger partial charge >= 0.3 is 6.09 Å².